The Bertz CT molecular complexity index is 240. The summed E-state index contributed by atoms with van der Waals surface area (Å²) in [7, 11) is 0. The van der Waals surface area contributed by atoms with E-state index >= 15 is 0 Å². The van der Waals surface area contributed by atoms with Gasteiger partial charge in [-0.2, -0.15) is 0 Å². The molecule has 3 N–H and O–H groups in total. The third-order valence-corrected chi connectivity index (χ3v) is 4.41. The van der Waals surface area contributed by atoms with E-state index in [2.05, 4.69) is 10.2 Å². The lowest BCUT2D eigenvalue weighted by Crippen LogP contribution is -2.56. The highest BCUT2D eigenvalue weighted by Gasteiger charge is 2.37. The topological polar surface area (TPSA) is 50.5 Å². The zero-order valence-corrected chi connectivity index (χ0v) is 9.90. The van der Waals surface area contributed by atoms with Gasteiger partial charge in [0.2, 0.25) is 0 Å². The summed E-state index contributed by atoms with van der Waals surface area (Å²) in [5, 5.41) is 3.32. The summed E-state index contributed by atoms with van der Waals surface area (Å²) in [6.07, 6.45) is 4.46. The zero-order valence-electron chi connectivity index (χ0n) is 9.90. The number of hydrogen-bond donors (Lipinski definition) is 2. The molecule has 4 aliphatic heterocycles. The first-order valence-corrected chi connectivity index (χ1v) is 6.67. The Morgan fingerprint density at radius 2 is 1.94 bits per heavy atom. The molecule has 0 radical (unpaired) electrons. The third kappa shape index (κ3) is 2.12. The summed E-state index contributed by atoms with van der Waals surface area (Å²) in [6, 6.07) is 0.184. The van der Waals surface area contributed by atoms with E-state index in [9.17, 15) is 0 Å². The molecule has 0 aliphatic carbocycles. The largest absolute Gasteiger partial charge is 0.372 e. The average molecular weight is 225 g/mol. The van der Waals surface area contributed by atoms with Crippen LogP contribution in [0.15, 0.2) is 0 Å². The molecule has 0 saturated carbocycles. The predicted octanol–water partition coefficient (Wildman–Crippen LogP) is -0.214. The minimum Gasteiger partial charge on any atom is -0.372 e. The molecule has 0 amide bonds. The van der Waals surface area contributed by atoms with Crippen LogP contribution in [-0.4, -0.2) is 55.9 Å². The number of nitrogens with one attached hydrogen (secondary N) is 1. The van der Waals surface area contributed by atoms with Gasteiger partial charge in [-0.1, -0.05) is 0 Å². The Hall–Kier alpha value is -0.160. The molecule has 0 aromatic heterocycles. The van der Waals surface area contributed by atoms with Gasteiger partial charge >= 0.3 is 0 Å². The quantitative estimate of drug-likeness (QED) is 0.682. The lowest BCUT2D eigenvalue weighted by atomic mass is 9.85. The molecule has 3 atom stereocenters. The number of nitrogens with two attached hydrogens (primary N) is 1. The molecule has 16 heavy (non-hydrogen) atoms. The average Bonchev–Trinajstić information content (AvgIpc) is 2.34. The van der Waals surface area contributed by atoms with Gasteiger partial charge in [0.05, 0.1) is 12.2 Å². The number of hydrogen-bond acceptors (Lipinski definition) is 4. The van der Waals surface area contributed by atoms with Crippen LogP contribution in [0.2, 0.25) is 0 Å². The summed E-state index contributed by atoms with van der Waals surface area (Å²) >= 11 is 0. The van der Waals surface area contributed by atoms with E-state index in [1.165, 1.54) is 25.9 Å². The molecular weight excluding hydrogens is 202 g/mol. The maximum atomic E-state index is 6.27. The molecule has 2 bridgehead atoms. The van der Waals surface area contributed by atoms with Crippen molar-refractivity contribution in [3.8, 4) is 0 Å². The molecule has 4 saturated heterocycles. The van der Waals surface area contributed by atoms with E-state index in [0.29, 0.717) is 6.10 Å². The fraction of sp³-hybridized carbons (Fsp3) is 1.00. The van der Waals surface area contributed by atoms with Gasteiger partial charge in [0.15, 0.2) is 0 Å². The second kappa shape index (κ2) is 4.61. The van der Waals surface area contributed by atoms with Crippen molar-refractivity contribution in [3.63, 3.8) is 0 Å². The van der Waals surface area contributed by atoms with Crippen molar-refractivity contribution in [1.29, 1.82) is 0 Å². The SMILES string of the molecule is NC1CNCCC1O[C@H]1CN2CCC1CC2. The van der Waals surface area contributed by atoms with Crippen LogP contribution in [0, 0.1) is 5.92 Å². The molecule has 4 heterocycles. The molecular formula is C12H23N3O. The molecule has 4 nitrogen and oxygen atoms in total. The van der Waals surface area contributed by atoms with Crippen molar-refractivity contribution in [3.05, 3.63) is 0 Å². The van der Waals surface area contributed by atoms with E-state index in [0.717, 1.165) is 32.0 Å². The molecule has 4 heteroatoms. The minimum absolute atomic E-state index is 0.184. The van der Waals surface area contributed by atoms with E-state index in [1.807, 2.05) is 0 Å². The fourth-order valence-electron chi connectivity index (χ4n) is 3.32. The van der Waals surface area contributed by atoms with Crippen LogP contribution >= 0.6 is 0 Å². The van der Waals surface area contributed by atoms with Crippen LogP contribution in [-0.2, 0) is 4.74 Å². The first kappa shape index (κ1) is 11.0. The first-order chi connectivity index (χ1) is 7.83. The summed E-state index contributed by atoms with van der Waals surface area (Å²) in [4.78, 5) is 2.54. The highest BCUT2D eigenvalue weighted by molar-refractivity contribution is 4.90. The van der Waals surface area contributed by atoms with Crippen molar-refractivity contribution < 1.29 is 4.74 Å². The van der Waals surface area contributed by atoms with Crippen LogP contribution in [0.5, 0.6) is 0 Å². The maximum absolute atomic E-state index is 6.27. The summed E-state index contributed by atoms with van der Waals surface area (Å²) in [5.74, 6) is 0.798. The molecule has 4 rings (SSSR count). The second-order valence-electron chi connectivity index (χ2n) is 5.51. The van der Waals surface area contributed by atoms with Gasteiger partial charge in [-0.15, -0.1) is 0 Å². The molecule has 0 aromatic rings. The molecule has 92 valence electrons. The van der Waals surface area contributed by atoms with Crippen LogP contribution in [0.25, 0.3) is 0 Å². The highest BCUT2D eigenvalue weighted by atomic mass is 16.5. The van der Waals surface area contributed by atoms with Crippen LogP contribution < -0.4 is 11.1 Å². The van der Waals surface area contributed by atoms with Crippen LogP contribution in [0.1, 0.15) is 19.3 Å². The van der Waals surface area contributed by atoms with Crippen molar-refractivity contribution in [1.82, 2.24) is 10.2 Å². The zero-order chi connectivity index (χ0) is 11.0. The predicted molar refractivity (Wildman–Crippen MR) is 63.3 cm³/mol. The monoisotopic (exact) mass is 225 g/mol. The normalized spacial score (nSPS) is 48.2. The summed E-state index contributed by atoms with van der Waals surface area (Å²) in [5.41, 5.74) is 6.09. The van der Waals surface area contributed by atoms with Gasteiger partial charge in [-0.25, -0.2) is 0 Å². The number of piperidine rings is 4. The fourth-order valence-corrected chi connectivity index (χ4v) is 3.32. The summed E-state index contributed by atoms with van der Waals surface area (Å²) < 4.78 is 6.27. The van der Waals surface area contributed by atoms with Gasteiger partial charge < -0.3 is 20.7 Å². The van der Waals surface area contributed by atoms with Gasteiger partial charge in [-0.3, -0.25) is 0 Å². The molecule has 0 aromatic carbocycles. The number of rotatable bonds is 2. The molecule has 2 unspecified atom stereocenters. The molecule has 0 spiro atoms. The summed E-state index contributed by atoms with van der Waals surface area (Å²) in [6.45, 7) is 5.66. The van der Waals surface area contributed by atoms with E-state index in [1.54, 1.807) is 0 Å². The Balaban J connectivity index is 1.57. The second-order valence-corrected chi connectivity index (χ2v) is 5.51. The Kier molecular flexibility index (Phi) is 3.16. The third-order valence-electron chi connectivity index (χ3n) is 4.41. The van der Waals surface area contributed by atoms with Crippen molar-refractivity contribution in [2.75, 3.05) is 32.7 Å². The Labute approximate surface area is 97.5 Å². The standard InChI is InChI=1S/C12H23N3O/c13-10-7-14-4-1-11(10)16-12-8-15-5-2-9(12)3-6-15/h9-12,14H,1-8,13H2/t10?,11?,12-/m0/s1. The minimum atomic E-state index is 0.184. The van der Waals surface area contributed by atoms with Crippen molar-refractivity contribution in [2.24, 2.45) is 11.7 Å². The molecule has 4 fully saturated rings. The van der Waals surface area contributed by atoms with Gasteiger partial charge in [-0.05, 0) is 44.8 Å². The van der Waals surface area contributed by atoms with E-state index < -0.39 is 0 Å². The number of fused-ring (bicyclic) bond motifs is 3. The van der Waals surface area contributed by atoms with E-state index in [-0.39, 0.29) is 12.1 Å². The highest BCUT2D eigenvalue weighted by Crippen LogP contribution is 2.30. The van der Waals surface area contributed by atoms with Gasteiger partial charge in [0, 0.05) is 19.1 Å². The van der Waals surface area contributed by atoms with Crippen LogP contribution in [0.4, 0.5) is 0 Å². The maximum Gasteiger partial charge on any atom is 0.0755 e. The van der Waals surface area contributed by atoms with E-state index in [4.69, 9.17) is 10.5 Å². The Morgan fingerprint density at radius 1 is 1.12 bits per heavy atom. The lowest BCUT2D eigenvalue weighted by molar-refractivity contribution is -0.114. The van der Waals surface area contributed by atoms with Crippen LogP contribution in [0.3, 0.4) is 0 Å². The van der Waals surface area contributed by atoms with Crippen molar-refractivity contribution in [2.45, 2.75) is 37.5 Å². The Morgan fingerprint density at radius 3 is 2.56 bits per heavy atom. The number of nitrogens with zero attached hydrogens (tertiary/aromatic N) is 1. The van der Waals surface area contributed by atoms with Crippen molar-refractivity contribution >= 4 is 0 Å². The van der Waals surface area contributed by atoms with Gasteiger partial charge in [0.1, 0.15) is 0 Å². The van der Waals surface area contributed by atoms with Gasteiger partial charge in [0.25, 0.3) is 0 Å². The first-order valence-electron chi connectivity index (χ1n) is 6.67. The number of ether oxygens (including phenoxy) is 1. The molecule has 4 aliphatic rings. The smallest absolute Gasteiger partial charge is 0.0755 e. The lowest BCUT2D eigenvalue weighted by Gasteiger charge is -2.46.